The fourth-order valence-electron chi connectivity index (χ4n) is 2.81. The van der Waals surface area contributed by atoms with Crippen LogP contribution in [0.2, 0.25) is 0 Å². The summed E-state index contributed by atoms with van der Waals surface area (Å²) in [5.74, 6) is 1.09. The van der Waals surface area contributed by atoms with E-state index in [9.17, 15) is 0 Å². The summed E-state index contributed by atoms with van der Waals surface area (Å²) in [4.78, 5) is 4.77. The molecule has 0 aliphatic heterocycles. The summed E-state index contributed by atoms with van der Waals surface area (Å²) in [6.45, 7) is 3.04. The SMILES string of the molecule is CCNC(Cc1nc2ccccc2n1C)c1ccnn1C. The van der Waals surface area contributed by atoms with Gasteiger partial charge in [-0.25, -0.2) is 4.98 Å². The van der Waals surface area contributed by atoms with E-state index in [4.69, 9.17) is 4.98 Å². The molecule has 5 nitrogen and oxygen atoms in total. The Bertz CT molecular complexity index is 740. The van der Waals surface area contributed by atoms with Crippen molar-refractivity contribution in [1.29, 1.82) is 0 Å². The van der Waals surface area contributed by atoms with Crippen LogP contribution in [0.4, 0.5) is 0 Å². The predicted molar refractivity (Wildman–Crippen MR) is 84.0 cm³/mol. The van der Waals surface area contributed by atoms with Crippen molar-refractivity contribution in [3.8, 4) is 0 Å². The Morgan fingerprint density at radius 3 is 2.67 bits per heavy atom. The quantitative estimate of drug-likeness (QED) is 0.781. The third-order valence-electron chi connectivity index (χ3n) is 3.93. The fourth-order valence-corrected chi connectivity index (χ4v) is 2.81. The molecule has 0 aliphatic carbocycles. The second-order valence-corrected chi connectivity index (χ2v) is 5.27. The highest BCUT2D eigenvalue weighted by molar-refractivity contribution is 5.75. The summed E-state index contributed by atoms with van der Waals surface area (Å²) < 4.78 is 4.10. The van der Waals surface area contributed by atoms with Gasteiger partial charge in [0, 0.05) is 26.7 Å². The zero-order chi connectivity index (χ0) is 14.8. The van der Waals surface area contributed by atoms with Crippen molar-refractivity contribution in [3.05, 3.63) is 48.0 Å². The van der Waals surface area contributed by atoms with Gasteiger partial charge in [0.2, 0.25) is 0 Å². The maximum Gasteiger partial charge on any atom is 0.111 e. The first-order valence-electron chi connectivity index (χ1n) is 7.32. The molecule has 0 bridgehead atoms. The number of nitrogens with one attached hydrogen (secondary N) is 1. The molecule has 2 heterocycles. The molecule has 0 amide bonds. The summed E-state index contributed by atoms with van der Waals surface area (Å²) in [6.07, 6.45) is 2.69. The molecule has 0 fully saturated rings. The summed E-state index contributed by atoms with van der Waals surface area (Å²) in [6, 6.07) is 10.5. The van der Waals surface area contributed by atoms with Gasteiger partial charge in [-0.05, 0) is 24.7 Å². The predicted octanol–water partition coefficient (Wildman–Crippen LogP) is 2.20. The molecule has 1 aromatic carbocycles. The van der Waals surface area contributed by atoms with Crippen molar-refractivity contribution in [2.75, 3.05) is 6.54 Å². The second-order valence-electron chi connectivity index (χ2n) is 5.27. The van der Waals surface area contributed by atoms with Gasteiger partial charge < -0.3 is 9.88 Å². The molecule has 0 radical (unpaired) electrons. The van der Waals surface area contributed by atoms with Crippen molar-refractivity contribution < 1.29 is 0 Å². The average Bonchev–Trinajstić information content (AvgIpc) is 3.04. The average molecular weight is 283 g/mol. The molecule has 3 rings (SSSR count). The number of nitrogens with zero attached hydrogens (tertiary/aromatic N) is 4. The van der Waals surface area contributed by atoms with Crippen molar-refractivity contribution in [2.24, 2.45) is 14.1 Å². The van der Waals surface area contributed by atoms with Gasteiger partial charge in [0.15, 0.2) is 0 Å². The molecule has 21 heavy (non-hydrogen) atoms. The molecule has 2 aromatic heterocycles. The minimum absolute atomic E-state index is 0.220. The summed E-state index contributed by atoms with van der Waals surface area (Å²) in [7, 11) is 4.06. The molecule has 0 saturated heterocycles. The van der Waals surface area contributed by atoms with Crippen molar-refractivity contribution in [3.63, 3.8) is 0 Å². The number of hydrogen-bond donors (Lipinski definition) is 1. The summed E-state index contributed by atoms with van der Waals surface area (Å²) in [5.41, 5.74) is 3.41. The maximum absolute atomic E-state index is 4.77. The van der Waals surface area contributed by atoms with E-state index in [0.29, 0.717) is 0 Å². The fraction of sp³-hybridized carbons (Fsp3) is 0.375. The van der Waals surface area contributed by atoms with Gasteiger partial charge in [0.05, 0.1) is 22.8 Å². The Morgan fingerprint density at radius 2 is 2.00 bits per heavy atom. The van der Waals surface area contributed by atoms with E-state index in [1.54, 1.807) is 0 Å². The van der Waals surface area contributed by atoms with Crippen LogP contribution in [0, 0.1) is 0 Å². The van der Waals surface area contributed by atoms with E-state index < -0.39 is 0 Å². The molecule has 0 aliphatic rings. The van der Waals surface area contributed by atoms with E-state index in [1.807, 2.05) is 24.0 Å². The topological polar surface area (TPSA) is 47.7 Å². The van der Waals surface area contributed by atoms with Crippen LogP contribution in [0.3, 0.4) is 0 Å². The molecule has 0 saturated carbocycles. The van der Waals surface area contributed by atoms with Gasteiger partial charge in [-0.3, -0.25) is 4.68 Å². The normalized spacial score (nSPS) is 12.9. The number of para-hydroxylation sites is 2. The lowest BCUT2D eigenvalue weighted by atomic mass is 10.1. The van der Waals surface area contributed by atoms with Gasteiger partial charge in [0.1, 0.15) is 5.82 Å². The lowest BCUT2D eigenvalue weighted by Crippen LogP contribution is -2.26. The number of aromatic nitrogens is 4. The minimum atomic E-state index is 0.220. The van der Waals surface area contributed by atoms with Crippen LogP contribution >= 0.6 is 0 Å². The summed E-state index contributed by atoms with van der Waals surface area (Å²) >= 11 is 0. The minimum Gasteiger partial charge on any atom is -0.331 e. The first-order chi connectivity index (χ1) is 10.2. The van der Waals surface area contributed by atoms with Crippen molar-refractivity contribution in [1.82, 2.24) is 24.6 Å². The molecule has 3 aromatic rings. The number of fused-ring (bicyclic) bond motifs is 1. The zero-order valence-electron chi connectivity index (χ0n) is 12.7. The molecular weight excluding hydrogens is 262 g/mol. The van der Waals surface area contributed by atoms with E-state index in [2.05, 4.69) is 53.2 Å². The highest BCUT2D eigenvalue weighted by Crippen LogP contribution is 2.20. The molecular formula is C16H21N5. The van der Waals surface area contributed by atoms with Crippen LogP contribution in [0.15, 0.2) is 36.5 Å². The van der Waals surface area contributed by atoms with Crippen molar-refractivity contribution >= 4 is 11.0 Å². The van der Waals surface area contributed by atoms with Gasteiger partial charge >= 0.3 is 0 Å². The number of aryl methyl sites for hydroxylation is 2. The number of benzene rings is 1. The largest absolute Gasteiger partial charge is 0.331 e. The number of likely N-dealkylation sites (N-methyl/N-ethyl adjacent to an activating group) is 1. The number of rotatable bonds is 5. The maximum atomic E-state index is 4.77. The first kappa shape index (κ1) is 13.8. The standard InChI is InChI=1S/C16H21N5/c1-4-17-13(15-9-10-18-21(15)3)11-16-19-12-7-5-6-8-14(12)20(16)2/h5-10,13,17H,4,11H2,1-3H3. The van der Waals surface area contributed by atoms with Gasteiger partial charge in [0.25, 0.3) is 0 Å². The first-order valence-corrected chi connectivity index (χ1v) is 7.32. The lowest BCUT2D eigenvalue weighted by Gasteiger charge is -2.18. The van der Waals surface area contributed by atoms with Crippen LogP contribution in [-0.4, -0.2) is 25.9 Å². The lowest BCUT2D eigenvalue weighted by molar-refractivity contribution is 0.493. The molecule has 110 valence electrons. The smallest absolute Gasteiger partial charge is 0.111 e. The highest BCUT2D eigenvalue weighted by atomic mass is 15.3. The van der Waals surface area contributed by atoms with Crippen molar-refractivity contribution in [2.45, 2.75) is 19.4 Å². The van der Waals surface area contributed by atoms with Crippen LogP contribution in [0.5, 0.6) is 0 Å². The second kappa shape index (κ2) is 5.69. The third kappa shape index (κ3) is 2.56. The summed E-state index contributed by atoms with van der Waals surface area (Å²) in [5, 5.41) is 7.81. The van der Waals surface area contributed by atoms with Gasteiger partial charge in [-0.1, -0.05) is 19.1 Å². The van der Waals surface area contributed by atoms with Crippen LogP contribution < -0.4 is 5.32 Å². The third-order valence-corrected chi connectivity index (χ3v) is 3.93. The Balaban J connectivity index is 1.94. The van der Waals surface area contributed by atoms with Crippen LogP contribution in [-0.2, 0) is 20.5 Å². The van der Waals surface area contributed by atoms with E-state index in [0.717, 1.165) is 24.3 Å². The van der Waals surface area contributed by atoms with Crippen LogP contribution in [0.25, 0.3) is 11.0 Å². The van der Waals surface area contributed by atoms with E-state index >= 15 is 0 Å². The van der Waals surface area contributed by atoms with E-state index in [1.165, 1.54) is 11.2 Å². The molecule has 1 unspecified atom stereocenters. The van der Waals surface area contributed by atoms with Gasteiger partial charge in [-0.15, -0.1) is 0 Å². The number of imidazole rings is 1. The molecule has 1 N–H and O–H groups in total. The molecule has 0 spiro atoms. The molecule has 5 heteroatoms. The Kier molecular flexibility index (Phi) is 3.75. The van der Waals surface area contributed by atoms with Crippen LogP contribution in [0.1, 0.15) is 24.5 Å². The highest BCUT2D eigenvalue weighted by Gasteiger charge is 2.18. The zero-order valence-corrected chi connectivity index (χ0v) is 12.7. The monoisotopic (exact) mass is 283 g/mol. The van der Waals surface area contributed by atoms with Gasteiger partial charge in [-0.2, -0.15) is 5.10 Å². The molecule has 1 atom stereocenters. The Morgan fingerprint density at radius 1 is 1.19 bits per heavy atom. The Hall–Kier alpha value is -2.14. The number of hydrogen-bond acceptors (Lipinski definition) is 3. The Labute approximate surface area is 124 Å². The van der Waals surface area contributed by atoms with E-state index in [-0.39, 0.29) is 6.04 Å².